The van der Waals surface area contributed by atoms with Gasteiger partial charge in [-0.25, -0.2) is 9.69 Å². The first-order chi connectivity index (χ1) is 10.5. The van der Waals surface area contributed by atoms with Crippen LogP contribution in [-0.2, 0) is 16.0 Å². The molecule has 6 heteroatoms. The van der Waals surface area contributed by atoms with Crippen molar-refractivity contribution in [1.82, 2.24) is 4.90 Å². The zero-order valence-electron chi connectivity index (χ0n) is 13.3. The number of carbonyl (C=O) groups excluding carboxylic acids is 2. The summed E-state index contributed by atoms with van der Waals surface area (Å²) in [5.74, 6) is 1.07. The van der Waals surface area contributed by atoms with Crippen LogP contribution in [0.15, 0.2) is 18.2 Å². The van der Waals surface area contributed by atoms with Gasteiger partial charge in [0.15, 0.2) is 0 Å². The van der Waals surface area contributed by atoms with Crippen LogP contribution in [0.5, 0.6) is 11.5 Å². The Hall–Kier alpha value is -2.24. The number of amides is 2. The maximum absolute atomic E-state index is 12.5. The van der Waals surface area contributed by atoms with E-state index in [9.17, 15) is 9.59 Å². The first-order valence-corrected chi connectivity index (χ1v) is 7.17. The highest BCUT2D eigenvalue weighted by Gasteiger charge is 2.39. The molecule has 1 aliphatic rings. The Labute approximate surface area is 129 Å². The molecule has 0 aliphatic carbocycles. The fourth-order valence-electron chi connectivity index (χ4n) is 2.44. The maximum atomic E-state index is 12.5. The Morgan fingerprint density at radius 3 is 2.36 bits per heavy atom. The lowest BCUT2D eigenvalue weighted by Crippen LogP contribution is -2.42. The molecule has 0 radical (unpaired) electrons. The van der Waals surface area contributed by atoms with Crippen LogP contribution in [0.2, 0.25) is 0 Å². The van der Waals surface area contributed by atoms with E-state index in [2.05, 4.69) is 0 Å². The number of methoxy groups -OCH3 is 2. The van der Waals surface area contributed by atoms with Gasteiger partial charge >= 0.3 is 6.09 Å². The molecule has 1 unspecified atom stereocenters. The quantitative estimate of drug-likeness (QED) is 0.835. The van der Waals surface area contributed by atoms with E-state index in [0.29, 0.717) is 11.5 Å². The molecule has 0 spiro atoms. The minimum atomic E-state index is -0.571. The summed E-state index contributed by atoms with van der Waals surface area (Å²) in [7, 11) is 3.10. The summed E-state index contributed by atoms with van der Waals surface area (Å²) in [5, 5.41) is 0. The van der Waals surface area contributed by atoms with Crippen LogP contribution in [-0.4, -0.2) is 43.8 Å². The summed E-state index contributed by atoms with van der Waals surface area (Å²) >= 11 is 0. The van der Waals surface area contributed by atoms with Crippen LogP contribution >= 0.6 is 0 Å². The lowest BCUT2D eigenvalue weighted by atomic mass is 10.0. The Kier molecular flexibility index (Phi) is 4.90. The smallest absolute Gasteiger partial charge is 0.416 e. The van der Waals surface area contributed by atoms with Crippen LogP contribution in [0.1, 0.15) is 19.4 Å². The molecule has 1 aromatic rings. The fraction of sp³-hybridized carbons (Fsp3) is 0.500. The number of carbonyl (C=O) groups is 2. The first kappa shape index (κ1) is 16.1. The molecule has 1 saturated heterocycles. The maximum Gasteiger partial charge on any atom is 0.416 e. The highest BCUT2D eigenvalue weighted by Crippen LogP contribution is 2.25. The van der Waals surface area contributed by atoms with Crippen molar-refractivity contribution in [3.63, 3.8) is 0 Å². The summed E-state index contributed by atoms with van der Waals surface area (Å²) in [6.45, 7) is 4.17. The molecule has 1 heterocycles. The van der Waals surface area contributed by atoms with Gasteiger partial charge in [-0.3, -0.25) is 4.79 Å². The molecule has 120 valence electrons. The zero-order valence-corrected chi connectivity index (χ0v) is 13.3. The first-order valence-electron chi connectivity index (χ1n) is 7.17. The average Bonchev–Trinajstić information content (AvgIpc) is 2.88. The Morgan fingerprint density at radius 1 is 1.27 bits per heavy atom. The van der Waals surface area contributed by atoms with E-state index in [1.165, 1.54) is 4.90 Å². The van der Waals surface area contributed by atoms with Gasteiger partial charge in [0.05, 0.1) is 26.7 Å². The molecule has 1 fully saturated rings. The number of imide groups is 1. The van der Waals surface area contributed by atoms with Crippen molar-refractivity contribution in [2.24, 2.45) is 5.92 Å². The van der Waals surface area contributed by atoms with E-state index >= 15 is 0 Å². The second-order valence-electron chi connectivity index (χ2n) is 5.55. The molecule has 0 bridgehead atoms. The summed E-state index contributed by atoms with van der Waals surface area (Å²) in [6, 6.07) is 5.03. The predicted octanol–water partition coefficient (Wildman–Crippen LogP) is 2.25. The van der Waals surface area contributed by atoms with E-state index in [1.807, 2.05) is 13.8 Å². The molecular weight excluding hydrogens is 286 g/mol. The third-order valence-corrected chi connectivity index (χ3v) is 3.71. The standard InChI is InChI=1S/C16H21NO5/c1-10(2)14-9-22-16(19)17(14)15(18)7-11-5-12(20-3)8-13(6-11)21-4/h5-6,8,10,14H,7,9H2,1-4H3. The molecule has 1 atom stereocenters. The number of hydrogen-bond acceptors (Lipinski definition) is 5. The Bertz CT molecular complexity index is 547. The van der Waals surface area contributed by atoms with E-state index in [-0.39, 0.29) is 30.9 Å². The number of cyclic esters (lactones) is 1. The van der Waals surface area contributed by atoms with E-state index in [0.717, 1.165) is 5.56 Å². The minimum absolute atomic E-state index is 0.0892. The topological polar surface area (TPSA) is 65.1 Å². The SMILES string of the molecule is COc1cc(CC(=O)N2C(=O)OCC2C(C)C)cc(OC)c1. The van der Waals surface area contributed by atoms with Crippen LogP contribution in [0.4, 0.5) is 4.79 Å². The summed E-state index contributed by atoms with van der Waals surface area (Å²) in [4.78, 5) is 25.5. The second kappa shape index (κ2) is 6.68. The number of benzene rings is 1. The van der Waals surface area contributed by atoms with Gasteiger partial charge in [-0.2, -0.15) is 0 Å². The van der Waals surface area contributed by atoms with Gasteiger partial charge in [0.2, 0.25) is 5.91 Å². The number of nitrogens with zero attached hydrogens (tertiary/aromatic N) is 1. The molecule has 2 rings (SSSR count). The molecule has 2 amide bonds. The van der Waals surface area contributed by atoms with Crippen molar-refractivity contribution in [2.75, 3.05) is 20.8 Å². The van der Waals surface area contributed by atoms with Crippen molar-refractivity contribution in [2.45, 2.75) is 26.3 Å². The molecule has 0 N–H and O–H groups in total. The van der Waals surface area contributed by atoms with Gasteiger partial charge in [0, 0.05) is 6.07 Å². The van der Waals surface area contributed by atoms with Gasteiger partial charge in [-0.1, -0.05) is 13.8 Å². The minimum Gasteiger partial charge on any atom is -0.497 e. The monoisotopic (exact) mass is 307 g/mol. The molecular formula is C16H21NO5. The molecule has 6 nitrogen and oxygen atoms in total. The summed E-state index contributed by atoms with van der Waals surface area (Å²) in [5.41, 5.74) is 0.725. The largest absolute Gasteiger partial charge is 0.497 e. The highest BCUT2D eigenvalue weighted by atomic mass is 16.6. The molecule has 1 aliphatic heterocycles. The average molecular weight is 307 g/mol. The Balaban J connectivity index is 2.19. The van der Waals surface area contributed by atoms with Gasteiger partial charge in [-0.05, 0) is 23.6 Å². The van der Waals surface area contributed by atoms with Crippen LogP contribution < -0.4 is 9.47 Å². The predicted molar refractivity (Wildman–Crippen MR) is 80.1 cm³/mol. The third-order valence-electron chi connectivity index (χ3n) is 3.71. The van der Waals surface area contributed by atoms with Crippen molar-refractivity contribution in [3.8, 4) is 11.5 Å². The number of hydrogen-bond donors (Lipinski definition) is 0. The lowest BCUT2D eigenvalue weighted by molar-refractivity contribution is -0.129. The molecule has 0 saturated carbocycles. The van der Waals surface area contributed by atoms with Crippen LogP contribution in [0.3, 0.4) is 0 Å². The van der Waals surface area contributed by atoms with Gasteiger partial charge in [0.25, 0.3) is 0 Å². The van der Waals surface area contributed by atoms with Gasteiger partial charge in [-0.15, -0.1) is 0 Å². The van der Waals surface area contributed by atoms with Gasteiger partial charge < -0.3 is 14.2 Å². The highest BCUT2D eigenvalue weighted by molar-refractivity contribution is 5.94. The van der Waals surface area contributed by atoms with Crippen molar-refractivity contribution >= 4 is 12.0 Å². The normalized spacial score (nSPS) is 17.6. The van der Waals surface area contributed by atoms with Crippen LogP contribution in [0, 0.1) is 5.92 Å². The van der Waals surface area contributed by atoms with Crippen molar-refractivity contribution in [3.05, 3.63) is 23.8 Å². The number of rotatable bonds is 5. The molecule has 22 heavy (non-hydrogen) atoms. The Morgan fingerprint density at radius 2 is 1.86 bits per heavy atom. The zero-order chi connectivity index (χ0) is 16.3. The van der Waals surface area contributed by atoms with Crippen molar-refractivity contribution in [1.29, 1.82) is 0 Å². The van der Waals surface area contributed by atoms with E-state index in [1.54, 1.807) is 32.4 Å². The van der Waals surface area contributed by atoms with Crippen LogP contribution in [0.25, 0.3) is 0 Å². The van der Waals surface area contributed by atoms with E-state index < -0.39 is 6.09 Å². The molecule has 1 aromatic carbocycles. The molecule has 0 aromatic heterocycles. The lowest BCUT2D eigenvalue weighted by Gasteiger charge is -2.22. The second-order valence-corrected chi connectivity index (χ2v) is 5.55. The van der Waals surface area contributed by atoms with E-state index in [4.69, 9.17) is 14.2 Å². The summed E-state index contributed by atoms with van der Waals surface area (Å²) < 4.78 is 15.4. The fourth-order valence-corrected chi connectivity index (χ4v) is 2.44. The summed E-state index contributed by atoms with van der Waals surface area (Å²) in [6.07, 6.45) is -0.482. The third kappa shape index (κ3) is 3.32. The number of ether oxygens (including phenoxy) is 3. The van der Waals surface area contributed by atoms with Crippen molar-refractivity contribution < 1.29 is 23.8 Å². The van der Waals surface area contributed by atoms with Gasteiger partial charge in [0.1, 0.15) is 18.1 Å².